The van der Waals surface area contributed by atoms with Crippen molar-refractivity contribution in [1.82, 2.24) is 15.7 Å². The first kappa shape index (κ1) is 28.4. The molecule has 0 unspecified atom stereocenters. The minimum atomic E-state index is -1.28. The second kappa shape index (κ2) is 12.6. The molecular weight excluding hydrogens is 450 g/mol. The summed E-state index contributed by atoms with van der Waals surface area (Å²) in [7, 11) is -1.28. The maximum absolute atomic E-state index is 12.5. The van der Waals surface area contributed by atoms with Gasteiger partial charge in [-0.25, -0.2) is 14.4 Å². The molecule has 0 aliphatic carbocycles. The highest BCUT2D eigenvalue weighted by Gasteiger charge is 2.35. The summed E-state index contributed by atoms with van der Waals surface area (Å²) in [5.41, 5.74) is -0.779. The van der Waals surface area contributed by atoms with Crippen LogP contribution in [0.2, 0.25) is 25.7 Å². The lowest BCUT2D eigenvalue weighted by Crippen LogP contribution is -2.46. The zero-order valence-electron chi connectivity index (χ0n) is 20.4. The first-order valence-electron chi connectivity index (χ1n) is 11.2. The minimum absolute atomic E-state index is 0.0318. The molecular formula is C21H37N3O8Si. The van der Waals surface area contributed by atoms with E-state index in [1.54, 1.807) is 20.8 Å². The van der Waals surface area contributed by atoms with Gasteiger partial charge in [0.25, 0.3) is 11.8 Å². The van der Waals surface area contributed by atoms with Crippen molar-refractivity contribution in [2.45, 2.75) is 90.2 Å². The van der Waals surface area contributed by atoms with E-state index in [2.05, 4.69) is 30.3 Å². The van der Waals surface area contributed by atoms with Crippen LogP contribution in [0.3, 0.4) is 0 Å². The van der Waals surface area contributed by atoms with Gasteiger partial charge in [0.2, 0.25) is 0 Å². The third kappa shape index (κ3) is 12.3. The molecule has 4 amide bonds. The maximum Gasteiger partial charge on any atom is 0.408 e. The highest BCUT2D eigenvalue weighted by atomic mass is 28.3. The van der Waals surface area contributed by atoms with E-state index in [9.17, 15) is 24.0 Å². The zero-order valence-corrected chi connectivity index (χ0v) is 21.4. The molecule has 1 atom stereocenters. The fraction of sp³-hybridized carbons (Fsp3) is 0.762. The largest absolute Gasteiger partial charge is 0.450 e. The van der Waals surface area contributed by atoms with E-state index >= 15 is 0 Å². The lowest BCUT2D eigenvalue weighted by molar-refractivity contribution is -0.199. The fourth-order valence-electron chi connectivity index (χ4n) is 2.68. The SMILES string of the molecule is CC(C)(C)OC(=O)N[C@@H](CCCCNC(=O)OCC[Si](C)(C)C)C(=O)ON1C(=O)CCC1=O. The van der Waals surface area contributed by atoms with Gasteiger partial charge >= 0.3 is 18.2 Å². The number of hydroxylamine groups is 2. The van der Waals surface area contributed by atoms with Crippen LogP contribution in [0.4, 0.5) is 9.59 Å². The van der Waals surface area contributed by atoms with E-state index in [0.29, 0.717) is 31.1 Å². The van der Waals surface area contributed by atoms with Crippen molar-refractivity contribution in [3.8, 4) is 0 Å². The van der Waals surface area contributed by atoms with Crippen LogP contribution in [-0.2, 0) is 28.7 Å². The van der Waals surface area contributed by atoms with Crippen molar-refractivity contribution in [2.75, 3.05) is 13.2 Å². The zero-order chi connectivity index (χ0) is 25.2. The Bertz CT molecular complexity index is 714. The Balaban J connectivity index is 2.52. The lowest BCUT2D eigenvalue weighted by Gasteiger charge is -2.23. The average molecular weight is 488 g/mol. The number of nitrogens with one attached hydrogen (secondary N) is 2. The topological polar surface area (TPSA) is 140 Å². The van der Waals surface area contributed by atoms with E-state index in [1.165, 1.54) is 0 Å². The number of hydrogen-bond donors (Lipinski definition) is 2. The van der Waals surface area contributed by atoms with Crippen LogP contribution in [0, 0.1) is 0 Å². The second-order valence-electron chi connectivity index (χ2n) is 10.1. The smallest absolute Gasteiger partial charge is 0.408 e. The number of carbonyl (C=O) groups is 5. The summed E-state index contributed by atoms with van der Waals surface area (Å²) in [5, 5.41) is 5.50. The Hall–Kier alpha value is -2.63. The van der Waals surface area contributed by atoms with Crippen LogP contribution >= 0.6 is 0 Å². The molecule has 1 aliphatic heterocycles. The van der Waals surface area contributed by atoms with E-state index in [1.807, 2.05) is 0 Å². The van der Waals surface area contributed by atoms with Gasteiger partial charge in [0.15, 0.2) is 0 Å². The Labute approximate surface area is 195 Å². The summed E-state index contributed by atoms with van der Waals surface area (Å²) >= 11 is 0. The number of carbonyl (C=O) groups excluding carboxylic acids is 5. The van der Waals surface area contributed by atoms with Gasteiger partial charge < -0.3 is 24.9 Å². The highest BCUT2D eigenvalue weighted by Crippen LogP contribution is 2.15. The molecule has 1 fully saturated rings. The van der Waals surface area contributed by atoms with Crippen molar-refractivity contribution in [3.05, 3.63) is 0 Å². The van der Waals surface area contributed by atoms with Crippen LogP contribution in [0.1, 0.15) is 52.9 Å². The predicted octanol–water partition coefficient (Wildman–Crippen LogP) is 2.72. The predicted molar refractivity (Wildman–Crippen MR) is 122 cm³/mol. The first-order chi connectivity index (χ1) is 15.2. The minimum Gasteiger partial charge on any atom is -0.450 e. The first-order valence-corrected chi connectivity index (χ1v) is 14.9. The summed E-state index contributed by atoms with van der Waals surface area (Å²) in [6, 6.07) is -0.257. The van der Waals surface area contributed by atoms with E-state index < -0.39 is 49.7 Å². The van der Waals surface area contributed by atoms with Crippen LogP contribution in [0.25, 0.3) is 0 Å². The molecule has 11 nitrogen and oxygen atoms in total. The van der Waals surface area contributed by atoms with Crippen molar-refractivity contribution >= 4 is 38.0 Å². The fourth-order valence-corrected chi connectivity index (χ4v) is 3.39. The van der Waals surface area contributed by atoms with Crippen molar-refractivity contribution in [2.24, 2.45) is 0 Å². The normalized spacial score (nSPS) is 15.2. The number of imide groups is 1. The van der Waals surface area contributed by atoms with Crippen LogP contribution in [-0.4, -0.2) is 67.9 Å². The molecule has 0 bridgehead atoms. The summed E-state index contributed by atoms with van der Waals surface area (Å²) < 4.78 is 10.3. The summed E-state index contributed by atoms with van der Waals surface area (Å²) in [4.78, 5) is 64.8. The third-order valence-corrected chi connectivity index (χ3v) is 6.14. The number of rotatable bonds is 11. The van der Waals surface area contributed by atoms with E-state index in [4.69, 9.17) is 14.3 Å². The van der Waals surface area contributed by atoms with Crippen molar-refractivity contribution < 1.29 is 38.3 Å². The van der Waals surface area contributed by atoms with E-state index in [0.717, 1.165) is 6.04 Å². The van der Waals surface area contributed by atoms with Gasteiger partial charge in [-0.1, -0.05) is 19.6 Å². The Morgan fingerprint density at radius 3 is 2.18 bits per heavy atom. The maximum atomic E-state index is 12.5. The van der Waals surface area contributed by atoms with Gasteiger partial charge in [-0.2, -0.15) is 0 Å². The van der Waals surface area contributed by atoms with Gasteiger partial charge in [-0.05, 0) is 46.1 Å². The molecule has 1 rings (SSSR count). The standard InChI is InChI=1S/C21H37N3O8Si/c1-21(2,3)31-20(29)23-15(18(27)32-24-16(25)10-11-17(24)26)9-7-8-12-22-19(28)30-13-14-33(4,5)6/h15H,7-14H2,1-6H3,(H,22,28)(H,23,29)/t15-/m0/s1. The monoisotopic (exact) mass is 487 g/mol. The van der Waals surface area contributed by atoms with Gasteiger partial charge in [-0.15, -0.1) is 5.06 Å². The third-order valence-electron chi connectivity index (χ3n) is 4.44. The quantitative estimate of drug-likeness (QED) is 0.257. The Morgan fingerprint density at radius 1 is 1.03 bits per heavy atom. The molecule has 0 aromatic rings. The summed E-state index contributed by atoms with van der Waals surface area (Å²) in [6.45, 7) is 12.3. The van der Waals surface area contributed by atoms with Crippen LogP contribution < -0.4 is 10.6 Å². The van der Waals surface area contributed by atoms with E-state index in [-0.39, 0.29) is 19.3 Å². The average Bonchev–Trinajstić information content (AvgIpc) is 2.96. The molecule has 0 radical (unpaired) electrons. The molecule has 1 saturated heterocycles. The van der Waals surface area contributed by atoms with Crippen LogP contribution in [0.5, 0.6) is 0 Å². The summed E-state index contributed by atoms with van der Waals surface area (Å²) in [5.74, 6) is -2.16. The number of unbranched alkanes of at least 4 members (excludes halogenated alkanes) is 1. The number of hydrogen-bond acceptors (Lipinski definition) is 8. The van der Waals surface area contributed by atoms with Gasteiger partial charge in [0.05, 0.1) is 6.61 Å². The number of nitrogens with zero attached hydrogens (tertiary/aromatic N) is 1. The van der Waals surface area contributed by atoms with Gasteiger partial charge in [0, 0.05) is 27.5 Å². The molecule has 12 heteroatoms. The molecule has 0 aromatic heterocycles. The molecule has 0 saturated carbocycles. The lowest BCUT2D eigenvalue weighted by atomic mass is 10.1. The van der Waals surface area contributed by atoms with Crippen molar-refractivity contribution in [3.63, 3.8) is 0 Å². The summed E-state index contributed by atoms with van der Waals surface area (Å²) in [6.07, 6.45) is -0.293. The Kier molecular flexibility index (Phi) is 10.8. The highest BCUT2D eigenvalue weighted by molar-refractivity contribution is 6.76. The van der Waals surface area contributed by atoms with Gasteiger partial charge in [-0.3, -0.25) is 9.59 Å². The van der Waals surface area contributed by atoms with Crippen molar-refractivity contribution in [1.29, 1.82) is 0 Å². The number of amides is 4. The molecule has 1 heterocycles. The number of ether oxygens (including phenoxy) is 2. The molecule has 2 N–H and O–H groups in total. The molecule has 188 valence electrons. The molecule has 1 aliphatic rings. The second-order valence-corrected chi connectivity index (χ2v) is 15.7. The molecule has 0 spiro atoms. The Morgan fingerprint density at radius 2 is 1.64 bits per heavy atom. The molecule has 0 aromatic carbocycles. The molecule has 33 heavy (non-hydrogen) atoms. The number of alkyl carbamates (subject to hydrolysis) is 2. The van der Waals surface area contributed by atoms with Crippen LogP contribution in [0.15, 0.2) is 0 Å². The van der Waals surface area contributed by atoms with Gasteiger partial charge in [0.1, 0.15) is 11.6 Å².